The van der Waals surface area contributed by atoms with E-state index in [2.05, 4.69) is 27.8 Å². The van der Waals surface area contributed by atoms with Crippen molar-refractivity contribution in [3.05, 3.63) is 28.7 Å². The predicted molar refractivity (Wildman–Crippen MR) is 91.7 cm³/mol. The molecule has 21 heavy (non-hydrogen) atoms. The minimum absolute atomic E-state index is 0.420. The van der Waals surface area contributed by atoms with Gasteiger partial charge in [-0.3, -0.25) is 4.90 Å². The molecule has 0 saturated heterocycles. The van der Waals surface area contributed by atoms with Gasteiger partial charge in [0.25, 0.3) is 0 Å². The van der Waals surface area contributed by atoms with E-state index in [0.29, 0.717) is 12.1 Å². The fraction of sp³-hybridized carbons (Fsp3) is 0.647. The number of nitrogens with two attached hydrogens (primary N) is 1. The van der Waals surface area contributed by atoms with Crippen molar-refractivity contribution in [1.29, 1.82) is 0 Å². The maximum absolute atomic E-state index is 6.01. The molecule has 0 bridgehead atoms. The van der Waals surface area contributed by atoms with Crippen molar-refractivity contribution in [2.45, 2.75) is 51.1 Å². The molecule has 1 saturated carbocycles. The number of nitrogens with zero attached hydrogens (tertiary/aromatic N) is 1. The SMILES string of the molecule is CCCN(CCOc1ccc(Br)cc1)C1CCC(N)CC1. The number of benzene rings is 1. The third-order valence-corrected chi connectivity index (χ3v) is 4.76. The van der Waals surface area contributed by atoms with Crippen molar-refractivity contribution in [3.8, 4) is 5.75 Å². The third-order valence-electron chi connectivity index (χ3n) is 4.23. The first-order valence-corrected chi connectivity index (χ1v) is 8.86. The summed E-state index contributed by atoms with van der Waals surface area (Å²) in [6, 6.07) is 9.16. The van der Waals surface area contributed by atoms with Crippen LogP contribution in [0, 0.1) is 0 Å². The molecule has 0 aromatic heterocycles. The molecule has 2 rings (SSSR count). The summed E-state index contributed by atoms with van der Waals surface area (Å²) in [5.74, 6) is 0.945. The Kier molecular flexibility index (Phi) is 7.00. The first-order chi connectivity index (χ1) is 10.2. The third kappa shape index (κ3) is 5.61. The van der Waals surface area contributed by atoms with Gasteiger partial charge >= 0.3 is 0 Å². The first-order valence-electron chi connectivity index (χ1n) is 8.07. The quantitative estimate of drug-likeness (QED) is 0.808. The van der Waals surface area contributed by atoms with Crippen LogP contribution in [0.5, 0.6) is 5.75 Å². The van der Waals surface area contributed by atoms with E-state index in [1.54, 1.807) is 0 Å². The van der Waals surface area contributed by atoms with Gasteiger partial charge in [0.1, 0.15) is 12.4 Å². The zero-order valence-electron chi connectivity index (χ0n) is 12.9. The fourth-order valence-corrected chi connectivity index (χ4v) is 3.31. The fourth-order valence-electron chi connectivity index (χ4n) is 3.04. The van der Waals surface area contributed by atoms with Crippen LogP contribution in [0.4, 0.5) is 0 Å². The molecular formula is C17H27BrN2O. The summed E-state index contributed by atoms with van der Waals surface area (Å²) in [5.41, 5.74) is 6.01. The highest BCUT2D eigenvalue weighted by Gasteiger charge is 2.23. The normalized spacial score (nSPS) is 22.5. The average Bonchev–Trinajstić information content (AvgIpc) is 2.49. The smallest absolute Gasteiger partial charge is 0.119 e. The summed E-state index contributed by atoms with van der Waals surface area (Å²) in [5, 5.41) is 0. The van der Waals surface area contributed by atoms with Crippen molar-refractivity contribution >= 4 is 15.9 Å². The molecule has 3 nitrogen and oxygen atoms in total. The molecule has 4 heteroatoms. The van der Waals surface area contributed by atoms with Crippen molar-refractivity contribution in [1.82, 2.24) is 4.90 Å². The molecule has 118 valence electrons. The van der Waals surface area contributed by atoms with Crippen LogP contribution in [-0.4, -0.2) is 36.7 Å². The molecule has 1 aromatic rings. The van der Waals surface area contributed by atoms with E-state index in [-0.39, 0.29) is 0 Å². The zero-order valence-corrected chi connectivity index (χ0v) is 14.5. The molecule has 1 aliphatic carbocycles. The maximum atomic E-state index is 6.01. The zero-order chi connectivity index (χ0) is 15.1. The molecule has 0 heterocycles. The molecule has 0 spiro atoms. The van der Waals surface area contributed by atoms with Gasteiger partial charge in [-0.1, -0.05) is 22.9 Å². The largest absolute Gasteiger partial charge is 0.492 e. The van der Waals surface area contributed by atoms with Crippen molar-refractivity contribution in [3.63, 3.8) is 0 Å². The predicted octanol–water partition coefficient (Wildman–Crippen LogP) is 3.81. The Morgan fingerprint density at radius 1 is 1.14 bits per heavy atom. The van der Waals surface area contributed by atoms with Gasteiger partial charge in [0.15, 0.2) is 0 Å². The lowest BCUT2D eigenvalue weighted by atomic mass is 9.90. The summed E-state index contributed by atoms with van der Waals surface area (Å²) in [7, 11) is 0. The average molecular weight is 355 g/mol. The number of ether oxygens (including phenoxy) is 1. The van der Waals surface area contributed by atoms with Gasteiger partial charge in [-0.15, -0.1) is 0 Å². The van der Waals surface area contributed by atoms with Gasteiger partial charge < -0.3 is 10.5 Å². The van der Waals surface area contributed by atoms with Crippen LogP contribution in [0.3, 0.4) is 0 Å². The minimum atomic E-state index is 0.420. The van der Waals surface area contributed by atoms with Crippen LogP contribution in [0.25, 0.3) is 0 Å². The van der Waals surface area contributed by atoms with E-state index in [0.717, 1.165) is 29.9 Å². The van der Waals surface area contributed by atoms with Crippen LogP contribution in [-0.2, 0) is 0 Å². The maximum Gasteiger partial charge on any atom is 0.119 e. The van der Waals surface area contributed by atoms with Gasteiger partial charge in [0.05, 0.1) is 0 Å². The molecule has 1 aliphatic rings. The van der Waals surface area contributed by atoms with Crippen LogP contribution >= 0.6 is 15.9 Å². The second-order valence-electron chi connectivity index (χ2n) is 5.91. The molecule has 0 unspecified atom stereocenters. The highest BCUT2D eigenvalue weighted by Crippen LogP contribution is 2.22. The molecular weight excluding hydrogens is 328 g/mol. The molecule has 0 aliphatic heterocycles. The minimum Gasteiger partial charge on any atom is -0.492 e. The Morgan fingerprint density at radius 3 is 2.43 bits per heavy atom. The van der Waals surface area contributed by atoms with Crippen LogP contribution in [0.2, 0.25) is 0 Å². The Balaban J connectivity index is 1.78. The Morgan fingerprint density at radius 2 is 1.81 bits per heavy atom. The molecule has 0 amide bonds. The topological polar surface area (TPSA) is 38.5 Å². The molecule has 0 atom stereocenters. The van der Waals surface area contributed by atoms with E-state index in [1.165, 1.54) is 32.1 Å². The van der Waals surface area contributed by atoms with Crippen molar-refractivity contribution in [2.75, 3.05) is 19.7 Å². The lowest BCUT2D eigenvalue weighted by Gasteiger charge is -2.35. The van der Waals surface area contributed by atoms with Gasteiger partial charge in [-0.05, 0) is 62.9 Å². The van der Waals surface area contributed by atoms with Gasteiger partial charge in [-0.25, -0.2) is 0 Å². The van der Waals surface area contributed by atoms with E-state index in [1.807, 2.05) is 24.3 Å². The van der Waals surface area contributed by atoms with Gasteiger partial charge in [-0.2, -0.15) is 0 Å². The molecule has 2 N–H and O–H groups in total. The van der Waals surface area contributed by atoms with E-state index in [4.69, 9.17) is 10.5 Å². The second-order valence-corrected chi connectivity index (χ2v) is 6.82. The highest BCUT2D eigenvalue weighted by atomic mass is 79.9. The molecule has 0 radical (unpaired) electrons. The lowest BCUT2D eigenvalue weighted by Crippen LogP contribution is -2.43. The Hall–Kier alpha value is -0.580. The summed E-state index contributed by atoms with van der Waals surface area (Å²) >= 11 is 3.44. The van der Waals surface area contributed by atoms with Crippen molar-refractivity contribution in [2.24, 2.45) is 5.73 Å². The standard InChI is InChI=1S/C17H27BrN2O/c1-2-11-20(16-7-5-15(19)6-8-16)12-13-21-17-9-3-14(18)4-10-17/h3-4,9-10,15-16H,2,5-8,11-13,19H2,1H3. The van der Waals surface area contributed by atoms with E-state index in [9.17, 15) is 0 Å². The second kappa shape index (κ2) is 8.76. The number of rotatable bonds is 7. The lowest BCUT2D eigenvalue weighted by molar-refractivity contribution is 0.126. The monoisotopic (exact) mass is 354 g/mol. The molecule has 1 fully saturated rings. The number of hydrogen-bond acceptors (Lipinski definition) is 3. The summed E-state index contributed by atoms with van der Waals surface area (Å²) in [4.78, 5) is 2.59. The van der Waals surface area contributed by atoms with E-state index >= 15 is 0 Å². The van der Waals surface area contributed by atoms with Crippen LogP contribution in [0.1, 0.15) is 39.0 Å². The van der Waals surface area contributed by atoms with Crippen molar-refractivity contribution < 1.29 is 4.74 Å². The molecule has 1 aromatic carbocycles. The first kappa shape index (κ1) is 16.8. The van der Waals surface area contributed by atoms with Crippen LogP contribution < -0.4 is 10.5 Å². The summed E-state index contributed by atoms with van der Waals surface area (Å²) < 4.78 is 6.95. The number of hydrogen-bond donors (Lipinski definition) is 1. The van der Waals surface area contributed by atoms with Crippen LogP contribution in [0.15, 0.2) is 28.7 Å². The Bertz CT molecular complexity index is 402. The Labute approximate surface area is 137 Å². The summed E-state index contributed by atoms with van der Waals surface area (Å²) in [6.45, 7) is 5.16. The summed E-state index contributed by atoms with van der Waals surface area (Å²) in [6.07, 6.45) is 6.00. The van der Waals surface area contributed by atoms with E-state index < -0.39 is 0 Å². The number of halogens is 1. The van der Waals surface area contributed by atoms with Gasteiger partial charge in [0, 0.05) is 23.1 Å². The highest BCUT2D eigenvalue weighted by molar-refractivity contribution is 9.10. The van der Waals surface area contributed by atoms with Gasteiger partial charge in [0.2, 0.25) is 0 Å².